The van der Waals surface area contributed by atoms with Gasteiger partial charge in [-0.15, -0.1) is 0 Å². The summed E-state index contributed by atoms with van der Waals surface area (Å²) >= 11 is 6.01. The molecule has 4 heteroatoms. The van der Waals surface area contributed by atoms with Gasteiger partial charge < -0.3 is 10.2 Å². The van der Waals surface area contributed by atoms with Gasteiger partial charge in [0.05, 0.1) is 5.56 Å². The van der Waals surface area contributed by atoms with E-state index in [9.17, 15) is 4.79 Å². The Bertz CT molecular complexity index is 443. The maximum absolute atomic E-state index is 12.5. The minimum absolute atomic E-state index is 0.0819. The summed E-state index contributed by atoms with van der Waals surface area (Å²) in [5, 5.41) is 3.82. The molecule has 1 aliphatic carbocycles. The van der Waals surface area contributed by atoms with E-state index in [0.29, 0.717) is 16.6 Å². The van der Waals surface area contributed by atoms with Crippen molar-refractivity contribution < 1.29 is 4.79 Å². The Hall–Kier alpha value is -1.22. The number of benzene rings is 1. The Balaban J connectivity index is 2.29. The van der Waals surface area contributed by atoms with Crippen LogP contribution in [0.25, 0.3) is 0 Å². The van der Waals surface area contributed by atoms with Crippen molar-refractivity contribution in [1.29, 1.82) is 0 Å². The summed E-state index contributed by atoms with van der Waals surface area (Å²) in [6, 6.07) is 5.87. The summed E-state index contributed by atoms with van der Waals surface area (Å²) < 4.78 is 0. The van der Waals surface area contributed by atoms with Crippen LogP contribution in [-0.4, -0.2) is 29.9 Å². The number of hydrogen-bond donors (Lipinski definition) is 1. The first-order chi connectivity index (χ1) is 8.67. The Morgan fingerprint density at radius 1 is 1.44 bits per heavy atom. The molecular weight excluding hydrogens is 248 g/mol. The van der Waals surface area contributed by atoms with Crippen LogP contribution < -0.4 is 5.32 Å². The van der Waals surface area contributed by atoms with E-state index in [0.717, 1.165) is 31.6 Å². The van der Waals surface area contributed by atoms with Crippen molar-refractivity contribution in [3.05, 3.63) is 28.8 Å². The molecule has 3 nitrogen and oxygen atoms in total. The highest BCUT2D eigenvalue weighted by atomic mass is 35.5. The summed E-state index contributed by atoms with van der Waals surface area (Å²) in [6.07, 6.45) is 2.24. The van der Waals surface area contributed by atoms with Gasteiger partial charge in [-0.25, -0.2) is 0 Å². The first-order valence-electron chi connectivity index (χ1n) is 6.51. The molecule has 1 aromatic carbocycles. The first kappa shape index (κ1) is 13.2. The van der Waals surface area contributed by atoms with Crippen LogP contribution in [0.2, 0.25) is 5.02 Å². The van der Waals surface area contributed by atoms with Crippen LogP contribution in [0.15, 0.2) is 18.2 Å². The Kier molecular flexibility index (Phi) is 4.12. The molecule has 0 aromatic heterocycles. The predicted molar refractivity (Wildman–Crippen MR) is 75.3 cm³/mol. The van der Waals surface area contributed by atoms with Crippen molar-refractivity contribution in [2.45, 2.75) is 32.7 Å². The predicted octanol–water partition coefficient (Wildman–Crippen LogP) is 3.40. The second-order valence-electron chi connectivity index (χ2n) is 4.54. The number of carbonyl (C=O) groups is 1. The van der Waals surface area contributed by atoms with Gasteiger partial charge >= 0.3 is 0 Å². The van der Waals surface area contributed by atoms with Gasteiger partial charge in [0.1, 0.15) is 0 Å². The summed E-state index contributed by atoms with van der Waals surface area (Å²) in [5.74, 6) is 0.0819. The molecule has 0 aliphatic heterocycles. The van der Waals surface area contributed by atoms with Gasteiger partial charge in [-0.1, -0.05) is 11.6 Å². The average Bonchev–Trinajstić information content (AvgIpc) is 3.17. The molecule has 1 aromatic rings. The van der Waals surface area contributed by atoms with Crippen molar-refractivity contribution in [1.82, 2.24) is 4.90 Å². The molecule has 0 heterocycles. The van der Waals surface area contributed by atoms with E-state index in [1.54, 1.807) is 6.07 Å². The van der Waals surface area contributed by atoms with Crippen LogP contribution in [0, 0.1) is 0 Å². The van der Waals surface area contributed by atoms with Gasteiger partial charge in [-0.05, 0) is 44.9 Å². The number of nitrogens with one attached hydrogen (secondary N) is 1. The van der Waals surface area contributed by atoms with Crippen LogP contribution in [0.1, 0.15) is 37.0 Å². The number of carbonyl (C=O) groups excluding carboxylic acids is 1. The third-order valence-electron chi connectivity index (χ3n) is 3.17. The number of amides is 1. The van der Waals surface area contributed by atoms with Crippen molar-refractivity contribution in [2.24, 2.45) is 0 Å². The largest absolute Gasteiger partial charge is 0.385 e. The Labute approximate surface area is 113 Å². The highest BCUT2D eigenvalue weighted by Gasteiger charge is 2.32. The summed E-state index contributed by atoms with van der Waals surface area (Å²) in [5.41, 5.74) is 1.55. The van der Waals surface area contributed by atoms with Crippen molar-refractivity contribution >= 4 is 23.2 Å². The van der Waals surface area contributed by atoms with Gasteiger partial charge in [-0.2, -0.15) is 0 Å². The van der Waals surface area contributed by atoms with Gasteiger partial charge in [0.25, 0.3) is 5.91 Å². The topological polar surface area (TPSA) is 32.3 Å². The Morgan fingerprint density at radius 3 is 2.72 bits per heavy atom. The fourth-order valence-corrected chi connectivity index (χ4v) is 2.32. The van der Waals surface area contributed by atoms with Crippen LogP contribution in [0.4, 0.5) is 5.69 Å². The van der Waals surface area contributed by atoms with Crippen molar-refractivity contribution in [3.63, 3.8) is 0 Å². The molecule has 18 heavy (non-hydrogen) atoms. The molecule has 1 aliphatic rings. The normalized spacial score (nSPS) is 14.4. The number of rotatable bonds is 5. The summed E-state index contributed by atoms with van der Waals surface area (Å²) in [6.45, 7) is 5.58. The Morgan fingerprint density at radius 2 is 2.17 bits per heavy atom. The van der Waals surface area contributed by atoms with Crippen molar-refractivity contribution in [3.8, 4) is 0 Å². The van der Waals surface area contributed by atoms with E-state index in [1.807, 2.05) is 30.9 Å². The molecule has 98 valence electrons. The molecule has 0 bridgehead atoms. The van der Waals surface area contributed by atoms with Crippen molar-refractivity contribution in [2.75, 3.05) is 18.4 Å². The minimum atomic E-state index is 0.0819. The zero-order chi connectivity index (χ0) is 13.1. The van der Waals surface area contributed by atoms with E-state index >= 15 is 0 Å². The SMILES string of the molecule is CCNc1ccc(Cl)cc1C(=O)N(CC)C1CC1. The standard InChI is InChI=1S/C14H19ClN2O/c1-3-16-13-8-5-10(15)9-12(13)14(18)17(4-2)11-6-7-11/h5,8-9,11,16H,3-4,6-7H2,1-2H3. The number of hydrogen-bond acceptors (Lipinski definition) is 2. The highest BCUT2D eigenvalue weighted by molar-refractivity contribution is 6.31. The summed E-state index contributed by atoms with van der Waals surface area (Å²) in [7, 11) is 0. The number of halogens is 1. The number of nitrogens with zero attached hydrogens (tertiary/aromatic N) is 1. The quantitative estimate of drug-likeness (QED) is 0.886. The molecule has 0 radical (unpaired) electrons. The van der Waals surface area contributed by atoms with E-state index in [2.05, 4.69) is 5.32 Å². The maximum Gasteiger partial charge on any atom is 0.256 e. The molecule has 1 fully saturated rings. The smallest absolute Gasteiger partial charge is 0.256 e. The lowest BCUT2D eigenvalue weighted by Gasteiger charge is -2.22. The van der Waals surface area contributed by atoms with Gasteiger partial charge in [-0.3, -0.25) is 4.79 Å². The second-order valence-corrected chi connectivity index (χ2v) is 4.98. The lowest BCUT2D eigenvalue weighted by atomic mass is 10.1. The molecule has 2 rings (SSSR count). The molecule has 0 saturated heterocycles. The lowest BCUT2D eigenvalue weighted by molar-refractivity contribution is 0.0753. The van der Waals surface area contributed by atoms with Gasteiger partial charge in [0, 0.05) is 29.8 Å². The van der Waals surface area contributed by atoms with Crippen LogP contribution in [0.5, 0.6) is 0 Å². The lowest BCUT2D eigenvalue weighted by Crippen LogP contribution is -2.33. The van der Waals surface area contributed by atoms with Crippen LogP contribution >= 0.6 is 11.6 Å². The maximum atomic E-state index is 12.5. The third-order valence-corrected chi connectivity index (χ3v) is 3.40. The first-order valence-corrected chi connectivity index (χ1v) is 6.89. The molecule has 1 saturated carbocycles. The van der Waals surface area contributed by atoms with Gasteiger partial charge in [0.2, 0.25) is 0 Å². The third kappa shape index (κ3) is 2.78. The molecule has 1 amide bonds. The molecule has 1 N–H and O–H groups in total. The highest BCUT2D eigenvalue weighted by Crippen LogP contribution is 2.30. The van der Waals surface area contributed by atoms with Crippen LogP contribution in [-0.2, 0) is 0 Å². The average molecular weight is 267 g/mol. The fraction of sp³-hybridized carbons (Fsp3) is 0.500. The zero-order valence-corrected chi connectivity index (χ0v) is 11.6. The molecule has 0 atom stereocenters. The fourth-order valence-electron chi connectivity index (χ4n) is 2.15. The van der Waals surface area contributed by atoms with Gasteiger partial charge in [0.15, 0.2) is 0 Å². The molecule has 0 unspecified atom stereocenters. The number of anilines is 1. The monoisotopic (exact) mass is 266 g/mol. The van der Waals surface area contributed by atoms with E-state index in [4.69, 9.17) is 11.6 Å². The van der Waals surface area contributed by atoms with E-state index < -0.39 is 0 Å². The minimum Gasteiger partial charge on any atom is -0.385 e. The van der Waals surface area contributed by atoms with E-state index in [-0.39, 0.29) is 5.91 Å². The zero-order valence-electron chi connectivity index (χ0n) is 10.9. The summed E-state index contributed by atoms with van der Waals surface area (Å²) in [4.78, 5) is 14.5. The van der Waals surface area contributed by atoms with E-state index in [1.165, 1.54) is 0 Å². The van der Waals surface area contributed by atoms with Crippen LogP contribution in [0.3, 0.4) is 0 Å². The second kappa shape index (κ2) is 5.61. The molecule has 0 spiro atoms. The molecular formula is C14H19ClN2O.